The molecule has 0 bridgehead atoms. The van der Waals surface area contributed by atoms with Gasteiger partial charge in [-0.15, -0.1) is 23.1 Å². The fourth-order valence-corrected chi connectivity index (χ4v) is 4.35. The summed E-state index contributed by atoms with van der Waals surface area (Å²) in [5, 5.41) is 33.3. The minimum Gasteiger partial charge on any atom is -0.477 e. The van der Waals surface area contributed by atoms with Gasteiger partial charge in [0.1, 0.15) is 29.9 Å². The van der Waals surface area contributed by atoms with Gasteiger partial charge in [-0.2, -0.15) is 4.73 Å². The molecule has 0 saturated carbocycles. The Bertz CT molecular complexity index is 903. The topological polar surface area (TPSA) is 157 Å². The molecule has 1 aromatic rings. The highest BCUT2D eigenvalue weighted by atomic mass is 32.2. The molecule has 0 spiro atoms. The van der Waals surface area contributed by atoms with E-state index in [4.69, 9.17) is 10.5 Å². The molecule has 26 heavy (non-hydrogen) atoms. The smallest absolute Gasteiger partial charge is 0.352 e. The fraction of sp³-hybridized carbons (Fsp3) is 0.308. The number of oxime groups is 1. The van der Waals surface area contributed by atoms with Crippen molar-refractivity contribution >= 4 is 46.6 Å². The molecule has 0 unspecified atom stereocenters. The largest absolute Gasteiger partial charge is 0.477 e. The molecule has 138 valence electrons. The van der Waals surface area contributed by atoms with Crippen LogP contribution in [0.3, 0.4) is 0 Å². The molecule has 0 aromatic carbocycles. The summed E-state index contributed by atoms with van der Waals surface area (Å²) in [6.45, 7) is 0. The number of hydrogen-bond acceptors (Lipinski definition) is 9. The van der Waals surface area contributed by atoms with Gasteiger partial charge in [-0.05, 0) is 6.08 Å². The maximum Gasteiger partial charge on any atom is 0.352 e. The third-order valence-corrected chi connectivity index (χ3v) is 5.62. The van der Waals surface area contributed by atoms with Crippen LogP contribution in [0.4, 0.5) is 0 Å². The van der Waals surface area contributed by atoms with Gasteiger partial charge in [-0.25, -0.2) is 4.79 Å². The number of hydrogen-bond donors (Lipinski definition) is 4. The van der Waals surface area contributed by atoms with Gasteiger partial charge in [0.15, 0.2) is 5.71 Å². The fourth-order valence-electron chi connectivity index (χ4n) is 2.52. The SMILES string of the molecule is CON=C(C(=O)N[C@@H]1C(=O)N2C(C(=O)O)=CCS[C@@H]12)c1csc(=N)n1O. The first kappa shape index (κ1) is 18.0. The van der Waals surface area contributed by atoms with Crippen molar-refractivity contribution in [2.45, 2.75) is 11.4 Å². The number of carbonyl (C=O) groups excluding carboxylic acids is 2. The summed E-state index contributed by atoms with van der Waals surface area (Å²) in [6, 6.07) is -0.932. The number of carboxylic acids is 1. The number of nitrogens with zero attached hydrogens (tertiary/aromatic N) is 3. The summed E-state index contributed by atoms with van der Waals surface area (Å²) >= 11 is 2.19. The first-order valence-corrected chi connectivity index (χ1v) is 9.04. The number of thioether (sulfide) groups is 1. The monoisotopic (exact) mass is 399 g/mol. The normalized spacial score (nSPS) is 22.2. The Labute approximate surface area is 154 Å². The van der Waals surface area contributed by atoms with Gasteiger partial charge in [-0.1, -0.05) is 5.16 Å². The second kappa shape index (κ2) is 6.84. The third-order valence-electron chi connectivity index (χ3n) is 3.70. The molecular formula is C13H13N5O6S2. The Morgan fingerprint density at radius 2 is 2.23 bits per heavy atom. The van der Waals surface area contributed by atoms with Gasteiger partial charge in [0.25, 0.3) is 11.8 Å². The number of aliphatic carboxylic acids is 1. The maximum atomic E-state index is 12.5. The lowest BCUT2D eigenvalue weighted by atomic mass is 10.0. The standard InChI is InChI=1S/C13H13N5O6S2/c1-24-16-7(6-4-26-13(14)18(6)23)9(19)15-8-10(20)17-5(12(21)22)2-3-25-11(8)17/h2,4,8,11,14,23H,3H2,1H3,(H,15,19)(H,21,22)/t8-,11+/m1/s1. The molecule has 2 aliphatic heterocycles. The summed E-state index contributed by atoms with van der Waals surface area (Å²) in [7, 11) is 1.21. The van der Waals surface area contributed by atoms with Gasteiger partial charge >= 0.3 is 5.97 Å². The Balaban J connectivity index is 1.80. The van der Waals surface area contributed by atoms with E-state index in [1.807, 2.05) is 0 Å². The predicted molar refractivity (Wildman–Crippen MR) is 89.6 cm³/mol. The number of β-lactam (4-membered cyclic amide) rings is 1. The van der Waals surface area contributed by atoms with Crippen molar-refractivity contribution in [2.75, 3.05) is 12.9 Å². The number of nitrogens with one attached hydrogen (secondary N) is 2. The number of amides is 2. The minimum atomic E-state index is -1.21. The number of rotatable bonds is 5. The molecule has 2 atom stereocenters. The second-order valence-corrected chi connectivity index (χ2v) is 7.15. The zero-order valence-corrected chi connectivity index (χ0v) is 14.8. The molecule has 1 fully saturated rings. The summed E-state index contributed by atoms with van der Waals surface area (Å²) in [5.41, 5.74) is -0.490. The van der Waals surface area contributed by atoms with E-state index in [1.54, 1.807) is 0 Å². The third kappa shape index (κ3) is 2.84. The minimum absolute atomic E-state index is 0.0644. The van der Waals surface area contributed by atoms with E-state index in [9.17, 15) is 19.6 Å². The van der Waals surface area contributed by atoms with Crippen molar-refractivity contribution in [3.63, 3.8) is 0 Å². The van der Waals surface area contributed by atoms with Crippen molar-refractivity contribution in [3.05, 3.63) is 27.6 Å². The van der Waals surface area contributed by atoms with Crippen LogP contribution in [0.5, 0.6) is 0 Å². The molecule has 13 heteroatoms. The molecule has 1 saturated heterocycles. The van der Waals surface area contributed by atoms with Crippen LogP contribution in [0.15, 0.2) is 22.3 Å². The molecule has 0 aliphatic carbocycles. The van der Waals surface area contributed by atoms with Gasteiger partial charge in [-0.3, -0.25) is 19.9 Å². The van der Waals surface area contributed by atoms with E-state index in [0.29, 0.717) is 10.5 Å². The van der Waals surface area contributed by atoms with E-state index in [2.05, 4.69) is 15.3 Å². The van der Waals surface area contributed by atoms with Crippen LogP contribution in [-0.4, -0.2) is 67.7 Å². The van der Waals surface area contributed by atoms with Gasteiger partial charge in [0, 0.05) is 11.1 Å². The highest BCUT2D eigenvalue weighted by molar-refractivity contribution is 8.00. The Hall–Kier alpha value is -2.80. The highest BCUT2D eigenvalue weighted by Gasteiger charge is 2.53. The number of thiazole rings is 1. The van der Waals surface area contributed by atoms with Crippen molar-refractivity contribution in [1.82, 2.24) is 14.9 Å². The summed E-state index contributed by atoms with van der Waals surface area (Å²) < 4.78 is 0.470. The van der Waals surface area contributed by atoms with E-state index >= 15 is 0 Å². The lowest BCUT2D eigenvalue weighted by Crippen LogP contribution is -2.70. The summed E-state index contributed by atoms with van der Waals surface area (Å²) in [4.78, 5) is 41.5. The second-order valence-electron chi connectivity index (χ2n) is 5.14. The van der Waals surface area contributed by atoms with Crippen LogP contribution in [0, 0.1) is 5.41 Å². The van der Waals surface area contributed by atoms with Crippen LogP contribution in [0.25, 0.3) is 0 Å². The molecule has 0 radical (unpaired) electrons. The Kier molecular flexibility index (Phi) is 4.73. The lowest BCUT2D eigenvalue weighted by Gasteiger charge is -2.48. The maximum absolute atomic E-state index is 12.5. The van der Waals surface area contributed by atoms with Crippen LogP contribution < -0.4 is 10.1 Å². The zero-order chi connectivity index (χ0) is 19.0. The van der Waals surface area contributed by atoms with E-state index in [0.717, 1.165) is 16.2 Å². The quantitative estimate of drug-likeness (QED) is 0.214. The lowest BCUT2D eigenvalue weighted by molar-refractivity contribution is -0.150. The Morgan fingerprint density at radius 3 is 2.81 bits per heavy atom. The van der Waals surface area contributed by atoms with E-state index < -0.39 is 29.2 Å². The summed E-state index contributed by atoms with van der Waals surface area (Å²) in [5.74, 6) is -2.16. The van der Waals surface area contributed by atoms with Crippen molar-refractivity contribution in [1.29, 1.82) is 5.41 Å². The first-order chi connectivity index (χ1) is 12.4. The van der Waals surface area contributed by atoms with Crippen LogP contribution in [-0.2, 0) is 19.2 Å². The molecule has 1 aromatic heterocycles. The van der Waals surface area contributed by atoms with Gasteiger partial charge in [0.2, 0.25) is 4.80 Å². The molecule has 2 amide bonds. The summed E-state index contributed by atoms with van der Waals surface area (Å²) in [6.07, 6.45) is 1.44. The number of carbonyl (C=O) groups is 3. The van der Waals surface area contributed by atoms with Crippen LogP contribution in [0.1, 0.15) is 5.69 Å². The number of fused-ring (bicyclic) bond motifs is 1. The molecule has 4 N–H and O–H groups in total. The average Bonchev–Trinajstić information content (AvgIpc) is 2.95. The molecule has 3 rings (SSSR count). The highest BCUT2D eigenvalue weighted by Crippen LogP contribution is 2.37. The molecule has 11 nitrogen and oxygen atoms in total. The van der Waals surface area contributed by atoms with Gasteiger partial charge < -0.3 is 20.5 Å². The number of aromatic nitrogens is 1. The van der Waals surface area contributed by atoms with E-state index in [-0.39, 0.29) is 21.9 Å². The van der Waals surface area contributed by atoms with E-state index in [1.165, 1.54) is 30.3 Å². The zero-order valence-electron chi connectivity index (χ0n) is 13.2. The van der Waals surface area contributed by atoms with Crippen molar-refractivity contribution < 1.29 is 29.5 Å². The molecule has 2 aliphatic rings. The Morgan fingerprint density at radius 1 is 1.50 bits per heavy atom. The predicted octanol–water partition coefficient (Wildman–Crippen LogP) is -1.01. The van der Waals surface area contributed by atoms with Crippen molar-refractivity contribution in [2.24, 2.45) is 5.16 Å². The van der Waals surface area contributed by atoms with Crippen molar-refractivity contribution in [3.8, 4) is 0 Å². The first-order valence-electron chi connectivity index (χ1n) is 7.11. The van der Waals surface area contributed by atoms with Gasteiger partial charge in [0.05, 0.1) is 0 Å². The average molecular weight is 399 g/mol. The van der Waals surface area contributed by atoms with Crippen LogP contribution >= 0.6 is 23.1 Å². The number of carboxylic acid groups (broad SMARTS) is 1. The van der Waals surface area contributed by atoms with Crippen LogP contribution in [0.2, 0.25) is 0 Å². The molecular weight excluding hydrogens is 386 g/mol. The molecule has 3 heterocycles.